The van der Waals surface area contributed by atoms with E-state index < -0.39 is 0 Å². The van der Waals surface area contributed by atoms with E-state index in [1.165, 1.54) is 6.08 Å². The lowest BCUT2D eigenvalue weighted by molar-refractivity contribution is -0.129. The van der Waals surface area contributed by atoms with Gasteiger partial charge in [-0.25, -0.2) is 0 Å². The van der Waals surface area contributed by atoms with Crippen LogP contribution in [0.15, 0.2) is 18.2 Å². The van der Waals surface area contributed by atoms with Gasteiger partial charge in [-0.15, -0.1) is 0 Å². The van der Waals surface area contributed by atoms with Crippen molar-refractivity contribution in [2.75, 3.05) is 26.3 Å². The minimum absolute atomic E-state index is 0.0170. The summed E-state index contributed by atoms with van der Waals surface area (Å²) in [6, 6.07) is 3.28. The number of ether oxygens (including phenoxy) is 1. The molecule has 0 aliphatic carbocycles. The molecule has 0 bridgehead atoms. The number of phenols is 1. The first kappa shape index (κ1) is 14.3. The van der Waals surface area contributed by atoms with Crippen molar-refractivity contribution in [3.05, 3.63) is 34.9 Å². The monoisotopic (exact) mass is 275 g/mol. The number of carbonyl (C=O) groups is 2. The van der Waals surface area contributed by atoms with Gasteiger partial charge in [-0.1, -0.05) is 0 Å². The van der Waals surface area contributed by atoms with Gasteiger partial charge in [0.15, 0.2) is 6.29 Å². The number of amides is 1. The van der Waals surface area contributed by atoms with E-state index in [0.717, 1.165) is 0 Å². The fourth-order valence-electron chi connectivity index (χ4n) is 2.08. The van der Waals surface area contributed by atoms with Gasteiger partial charge in [0.25, 0.3) is 0 Å². The maximum Gasteiger partial charge on any atom is 0.246 e. The summed E-state index contributed by atoms with van der Waals surface area (Å²) in [4.78, 5) is 24.5. The van der Waals surface area contributed by atoms with E-state index in [9.17, 15) is 14.7 Å². The zero-order chi connectivity index (χ0) is 14.5. The molecule has 20 heavy (non-hydrogen) atoms. The summed E-state index contributed by atoms with van der Waals surface area (Å²) in [7, 11) is 0. The Hall–Kier alpha value is -2.14. The molecule has 1 N–H and O–H groups in total. The molecule has 1 saturated heterocycles. The molecular formula is C15H17NO4. The van der Waals surface area contributed by atoms with Crippen molar-refractivity contribution in [3.8, 4) is 5.75 Å². The second-order valence-corrected chi connectivity index (χ2v) is 4.66. The maximum atomic E-state index is 11.9. The highest BCUT2D eigenvalue weighted by molar-refractivity contribution is 5.92. The molecule has 1 aromatic carbocycles. The van der Waals surface area contributed by atoms with Gasteiger partial charge in [0, 0.05) is 19.2 Å². The largest absolute Gasteiger partial charge is 0.507 e. The highest BCUT2D eigenvalue weighted by Crippen LogP contribution is 2.23. The number of hydrogen-bond donors (Lipinski definition) is 1. The number of phenolic OH excluding ortho intramolecular Hbond substituents is 1. The van der Waals surface area contributed by atoms with Crippen molar-refractivity contribution in [3.63, 3.8) is 0 Å². The summed E-state index contributed by atoms with van der Waals surface area (Å²) >= 11 is 0. The predicted octanol–water partition coefficient (Wildman–Crippen LogP) is 1.39. The van der Waals surface area contributed by atoms with Gasteiger partial charge in [0.2, 0.25) is 5.91 Å². The van der Waals surface area contributed by atoms with Crippen molar-refractivity contribution >= 4 is 18.3 Å². The Kier molecular flexibility index (Phi) is 4.53. The topological polar surface area (TPSA) is 66.8 Å². The second-order valence-electron chi connectivity index (χ2n) is 4.66. The lowest BCUT2D eigenvalue weighted by atomic mass is 10.1. The van der Waals surface area contributed by atoms with Gasteiger partial charge in [-0.3, -0.25) is 9.59 Å². The zero-order valence-electron chi connectivity index (χ0n) is 11.3. The molecule has 0 aromatic heterocycles. The summed E-state index contributed by atoms with van der Waals surface area (Å²) in [6.45, 7) is 4.03. The molecule has 0 spiro atoms. The van der Waals surface area contributed by atoms with Gasteiger partial charge in [0.1, 0.15) is 5.75 Å². The predicted molar refractivity (Wildman–Crippen MR) is 74.7 cm³/mol. The van der Waals surface area contributed by atoms with E-state index in [1.807, 2.05) is 0 Å². The van der Waals surface area contributed by atoms with Crippen LogP contribution in [-0.2, 0) is 9.53 Å². The molecule has 5 heteroatoms. The molecule has 1 aromatic rings. The van der Waals surface area contributed by atoms with Crippen LogP contribution in [0.1, 0.15) is 21.5 Å². The van der Waals surface area contributed by atoms with Gasteiger partial charge in [-0.2, -0.15) is 0 Å². The molecule has 2 rings (SSSR count). The van der Waals surface area contributed by atoms with Crippen LogP contribution in [0.4, 0.5) is 0 Å². The van der Waals surface area contributed by atoms with E-state index in [-0.39, 0.29) is 17.2 Å². The first-order valence-electron chi connectivity index (χ1n) is 6.45. The molecule has 5 nitrogen and oxygen atoms in total. The fraction of sp³-hybridized carbons (Fsp3) is 0.333. The van der Waals surface area contributed by atoms with Crippen molar-refractivity contribution in [2.45, 2.75) is 6.92 Å². The number of benzene rings is 1. The Morgan fingerprint density at radius 2 is 2.05 bits per heavy atom. The molecule has 1 aliphatic heterocycles. The molecule has 106 valence electrons. The van der Waals surface area contributed by atoms with Crippen molar-refractivity contribution in [2.24, 2.45) is 0 Å². The van der Waals surface area contributed by atoms with Crippen LogP contribution < -0.4 is 0 Å². The third-order valence-corrected chi connectivity index (χ3v) is 3.22. The van der Waals surface area contributed by atoms with Gasteiger partial charge >= 0.3 is 0 Å². The molecule has 0 unspecified atom stereocenters. The van der Waals surface area contributed by atoms with Crippen molar-refractivity contribution in [1.82, 2.24) is 4.90 Å². The van der Waals surface area contributed by atoms with Crippen molar-refractivity contribution < 1.29 is 19.4 Å². The van der Waals surface area contributed by atoms with Crippen LogP contribution in [0, 0.1) is 6.92 Å². The Balaban J connectivity index is 2.12. The number of aromatic hydroxyl groups is 1. The van der Waals surface area contributed by atoms with Crippen LogP contribution >= 0.6 is 0 Å². The lowest BCUT2D eigenvalue weighted by Gasteiger charge is -2.25. The smallest absolute Gasteiger partial charge is 0.246 e. The summed E-state index contributed by atoms with van der Waals surface area (Å²) in [6.07, 6.45) is 3.73. The van der Waals surface area contributed by atoms with E-state index in [4.69, 9.17) is 4.74 Å². The highest BCUT2D eigenvalue weighted by Gasteiger charge is 2.14. The normalized spacial score (nSPS) is 15.6. The van der Waals surface area contributed by atoms with Crippen LogP contribution in [0.25, 0.3) is 6.08 Å². The number of aryl methyl sites for hydroxylation is 1. The number of hydrogen-bond acceptors (Lipinski definition) is 4. The zero-order valence-corrected chi connectivity index (χ0v) is 11.3. The van der Waals surface area contributed by atoms with Gasteiger partial charge in [-0.05, 0) is 36.3 Å². The molecular weight excluding hydrogens is 258 g/mol. The van der Waals surface area contributed by atoms with E-state index in [2.05, 4.69) is 0 Å². The Labute approximate surface area is 117 Å². The highest BCUT2D eigenvalue weighted by atomic mass is 16.5. The minimum Gasteiger partial charge on any atom is -0.507 e. The van der Waals surface area contributed by atoms with Crippen LogP contribution in [0.2, 0.25) is 0 Å². The maximum absolute atomic E-state index is 11.9. The standard InChI is InChI=1S/C15H17NO4/c1-11-8-12(9-13(10-17)15(11)19)2-3-14(18)16-4-6-20-7-5-16/h2-3,8-10,19H,4-7H2,1H3/b3-2+. The average molecular weight is 275 g/mol. The fourth-order valence-corrected chi connectivity index (χ4v) is 2.08. The number of rotatable bonds is 3. The molecule has 1 heterocycles. The van der Waals surface area contributed by atoms with Gasteiger partial charge < -0.3 is 14.7 Å². The lowest BCUT2D eigenvalue weighted by Crippen LogP contribution is -2.39. The van der Waals surface area contributed by atoms with Gasteiger partial charge in [0.05, 0.1) is 18.8 Å². The minimum atomic E-state index is -0.0771. The first-order valence-corrected chi connectivity index (χ1v) is 6.45. The SMILES string of the molecule is Cc1cc(/C=C/C(=O)N2CCOCC2)cc(C=O)c1O. The summed E-state index contributed by atoms with van der Waals surface area (Å²) in [5.41, 5.74) is 1.54. The average Bonchev–Trinajstić information content (AvgIpc) is 2.48. The van der Waals surface area contributed by atoms with Crippen LogP contribution in [0.3, 0.4) is 0 Å². The molecule has 0 atom stereocenters. The Bertz CT molecular complexity index is 545. The summed E-state index contributed by atoms with van der Waals surface area (Å²) < 4.78 is 5.19. The second kappa shape index (κ2) is 6.34. The summed E-state index contributed by atoms with van der Waals surface area (Å²) in [5, 5.41) is 9.66. The molecule has 1 aliphatic rings. The van der Waals surface area contributed by atoms with E-state index in [0.29, 0.717) is 43.7 Å². The third kappa shape index (κ3) is 3.24. The molecule has 1 amide bonds. The van der Waals surface area contributed by atoms with E-state index in [1.54, 1.807) is 30.0 Å². The van der Waals surface area contributed by atoms with Crippen LogP contribution in [0.5, 0.6) is 5.75 Å². The summed E-state index contributed by atoms with van der Waals surface area (Å²) in [5.74, 6) is -0.0941. The third-order valence-electron chi connectivity index (χ3n) is 3.22. The van der Waals surface area contributed by atoms with Crippen LogP contribution in [-0.4, -0.2) is 48.5 Å². The number of aldehydes is 1. The number of morpholine rings is 1. The Morgan fingerprint density at radius 1 is 1.35 bits per heavy atom. The molecule has 0 radical (unpaired) electrons. The molecule has 0 saturated carbocycles. The van der Waals surface area contributed by atoms with E-state index >= 15 is 0 Å². The Morgan fingerprint density at radius 3 is 2.70 bits per heavy atom. The first-order chi connectivity index (χ1) is 9.61. The van der Waals surface area contributed by atoms with Crippen molar-refractivity contribution in [1.29, 1.82) is 0 Å². The molecule has 1 fully saturated rings. The number of nitrogens with zero attached hydrogens (tertiary/aromatic N) is 1. The quantitative estimate of drug-likeness (QED) is 0.668. The number of carbonyl (C=O) groups excluding carboxylic acids is 2.